The van der Waals surface area contributed by atoms with E-state index in [1.54, 1.807) is 12.1 Å². The lowest BCUT2D eigenvalue weighted by Crippen LogP contribution is -2.21. The van der Waals surface area contributed by atoms with Crippen LogP contribution in [0.25, 0.3) is 0 Å². The molecule has 0 amide bonds. The Kier molecular flexibility index (Phi) is 8.86. The molecule has 2 N–H and O–H groups in total. The first kappa shape index (κ1) is 28.0. The van der Waals surface area contributed by atoms with Gasteiger partial charge in [-0.25, -0.2) is 4.79 Å². The molecule has 0 saturated heterocycles. The zero-order valence-corrected chi connectivity index (χ0v) is 22.2. The van der Waals surface area contributed by atoms with Crippen molar-refractivity contribution in [3.8, 4) is 29.1 Å². The number of carbonyl (C=O) groups is 1. The third kappa shape index (κ3) is 6.15. The van der Waals surface area contributed by atoms with Gasteiger partial charge in [-0.1, -0.05) is 31.9 Å². The van der Waals surface area contributed by atoms with Gasteiger partial charge >= 0.3 is 5.97 Å². The molecule has 4 rings (SSSR count). The lowest BCUT2D eigenvalue weighted by Gasteiger charge is -2.27. The van der Waals surface area contributed by atoms with Gasteiger partial charge in [0, 0.05) is 23.8 Å². The molecule has 0 fully saturated rings. The highest BCUT2D eigenvalue weighted by molar-refractivity contribution is 5.91. The quantitative estimate of drug-likeness (QED) is 0.101. The van der Waals surface area contributed by atoms with Gasteiger partial charge in [-0.15, -0.1) is 0 Å². The van der Waals surface area contributed by atoms with E-state index in [2.05, 4.69) is 13.0 Å². The number of fused-ring (bicyclic) bond motifs is 1. The minimum Gasteiger partial charge on any atom is -0.490 e. The number of nitriles is 1. The Morgan fingerprint density at radius 2 is 1.82 bits per heavy atom. The Hall–Kier alpha value is -5.04. The molecule has 1 atom stereocenters. The van der Waals surface area contributed by atoms with Crippen LogP contribution in [0.1, 0.15) is 60.5 Å². The second kappa shape index (κ2) is 12.7. The van der Waals surface area contributed by atoms with Gasteiger partial charge in [-0.3, -0.25) is 10.1 Å². The van der Waals surface area contributed by atoms with Crippen LogP contribution in [0.3, 0.4) is 0 Å². The predicted octanol–water partition coefficient (Wildman–Crippen LogP) is 6.00. The highest BCUT2D eigenvalue weighted by Gasteiger charge is 2.32. The van der Waals surface area contributed by atoms with E-state index in [0.29, 0.717) is 36.0 Å². The summed E-state index contributed by atoms with van der Waals surface area (Å²) >= 11 is 0. The average Bonchev–Trinajstić information content (AvgIpc) is 2.95. The summed E-state index contributed by atoms with van der Waals surface area (Å²) in [4.78, 5) is 22.9. The van der Waals surface area contributed by atoms with Gasteiger partial charge in [0.1, 0.15) is 23.1 Å². The van der Waals surface area contributed by atoms with E-state index in [0.717, 1.165) is 24.8 Å². The van der Waals surface area contributed by atoms with E-state index < -0.39 is 16.8 Å². The van der Waals surface area contributed by atoms with Crippen LogP contribution in [0, 0.1) is 21.4 Å². The van der Waals surface area contributed by atoms with Gasteiger partial charge in [0.15, 0.2) is 11.5 Å². The molecule has 0 radical (unpaired) electrons. The van der Waals surface area contributed by atoms with E-state index >= 15 is 0 Å². The monoisotopic (exact) mass is 543 g/mol. The molecule has 0 saturated carbocycles. The summed E-state index contributed by atoms with van der Waals surface area (Å²) in [6, 6.07) is 17.6. The van der Waals surface area contributed by atoms with E-state index in [9.17, 15) is 20.2 Å². The number of rotatable bonds is 11. The van der Waals surface area contributed by atoms with Gasteiger partial charge in [0.2, 0.25) is 5.88 Å². The Balaban J connectivity index is 1.62. The number of nitrogens with zero attached hydrogens (tertiary/aromatic N) is 2. The molecule has 3 aromatic carbocycles. The van der Waals surface area contributed by atoms with Crippen molar-refractivity contribution in [3.05, 3.63) is 98.9 Å². The molecule has 1 heterocycles. The molecule has 206 valence electrons. The fourth-order valence-corrected chi connectivity index (χ4v) is 4.35. The summed E-state index contributed by atoms with van der Waals surface area (Å²) in [5.41, 5.74) is 7.81. The second-order valence-corrected chi connectivity index (χ2v) is 9.01. The zero-order valence-electron chi connectivity index (χ0n) is 22.2. The highest BCUT2D eigenvalue weighted by Crippen LogP contribution is 2.45. The number of allylic oxidation sites excluding steroid dienone is 1. The Bertz CT molecular complexity index is 1480. The summed E-state index contributed by atoms with van der Waals surface area (Å²) in [5.74, 6) is 0.387. The number of esters is 1. The number of hydrogen-bond donors (Lipinski definition) is 1. The molecular formula is C30H29N3O7. The number of unbranched alkanes of at least 4 members (excludes halogenated alkanes) is 2. The number of non-ortho nitro benzene ring substituents is 1. The number of carbonyl (C=O) groups excluding carboxylic acids is 1. The summed E-state index contributed by atoms with van der Waals surface area (Å²) in [7, 11) is 0. The Morgan fingerprint density at radius 3 is 2.50 bits per heavy atom. The third-order valence-corrected chi connectivity index (χ3v) is 6.32. The zero-order chi connectivity index (χ0) is 28.6. The van der Waals surface area contributed by atoms with Crippen LogP contribution in [-0.4, -0.2) is 24.1 Å². The van der Waals surface area contributed by atoms with Crippen molar-refractivity contribution >= 4 is 11.7 Å². The molecular weight excluding hydrogens is 514 g/mol. The van der Waals surface area contributed by atoms with Crippen LogP contribution in [0.5, 0.6) is 23.0 Å². The summed E-state index contributed by atoms with van der Waals surface area (Å²) in [6.07, 6.45) is 3.10. The molecule has 1 aliphatic rings. The minimum absolute atomic E-state index is 0.0586. The van der Waals surface area contributed by atoms with Crippen LogP contribution in [-0.2, 0) is 0 Å². The third-order valence-electron chi connectivity index (χ3n) is 6.32. The molecule has 0 aromatic heterocycles. The smallest absolute Gasteiger partial charge is 0.343 e. The van der Waals surface area contributed by atoms with Crippen LogP contribution < -0.4 is 24.7 Å². The maximum atomic E-state index is 12.6. The van der Waals surface area contributed by atoms with Crippen molar-refractivity contribution in [3.63, 3.8) is 0 Å². The van der Waals surface area contributed by atoms with Gasteiger partial charge in [-0.2, -0.15) is 5.26 Å². The molecule has 10 nitrogen and oxygen atoms in total. The van der Waals surface area contributed by atoms with Gasteiger partial charge in [-0.05, 0) is 49.2 Å². The fraction of sp³-hybridized carbons (Fsp3) is 0.267. The second-order valence-electron chi connectivity index (χ2n) is 9.01. The van der Waals surface area contributed by atoms with Crippen molar-refractivity contribution in [1.29, 1.82) is 5.26 Å². The number of ether oxygens (including phenoxy) is 4. The molecule has 0 aliphatic carbocycles. The van der Waals surface area contributed by atoms with Crippen molar-refractivity contribution in [2.75, 3.05) is 13.2 Å². The summed E-state index contributed by atoms with van der Waals surface area (Å²) in [6.45, 7) is 5.02. The first-order chi connectivity index (χ1) is 19.4. The normalized spacial score (nSPS) is 14.0. The van der Waals surface area contributed by atoms with E-state index in [-0.39, 0.29) is 28.5 Å². The average molecular weight is 544 g/mol. The number of benzene rings is 3. The number of nitrogens with two attached hydrogens (primary N) is 1. The lowest BCUT2D eigenvalue weighted by molar-refractivity contribution is -0.384. The molecule has 40 heavy (non-hydrogen) atoms. The molecule has 3 aromatic rings. The topological polar surface area (TPSA) is 147 Å². The van der Waals surface area contributed by atoms with Crippen molar-refractivity contribution in [2.45, 2.75) is 39.0 Å². The Morgan fingerprint density at radius 1 is 1.05 bits per heavy atom. The van der Waals surface area contributed by atoms with Crippen molar-refractivity contribution in [1.82, 2.24) is 0 Å². The van der Waals surface area contributed by atoms with E-state index in [1.807, 2.05) is 25.1 Å². The van der Waals surface area contributed by atoms with Crippen LogP contribution in [0.15, 0.2) is 72.1 Å². The van der Waals surface area contributed by atoms with Crippen LogP contribution >= 0.6 is 0 Å². The molecule has 0 spiro atoms. The molecule has 10 heteroatoms. The molecule has 1 unspecified atom stereocenters. The van der Waals surface area contributed by atoms with Crippen molar-refractivity contribution in [2.24, 2.45) is 5.73 Å². The lowest BCUT2D eigenvalue weighted by atomic mass is 9.83. The first-order valence-electron chi connectivity index (χ1n) is 12.9. The van der Waals surface area contributed by atoms with Crippen LogP contribution in [0.2, 0.25) is 0 Å². The van der Waals surface area contributed by atoms with Crippen molar-refractivity contribution < 1.29 is 28.7 Å². The van der Waals surface area contributed by atoms with Gasteiger partial charge in [0.05, 0.1) is 29.6 Å². The first-order valence-corrected chi connectivity index (χ1v) is 12.9. The SMILES string of the molecule is CCCCCOc1ccc(C2C(C#N)=C(N)Oc3cc(OC(=O)c4ccc([N+](=O)[O-])cc4)ccc32)cc1OCC. The maximum absolute atomic E-state index is 12.6. The molecule has 1 aliphatic heterocycles. The largest absolute Gasteiger partial charge is 0.490 e. The number of hydrogen-bond acceptors (Lipinski definition) is 9. The van der Waals surface area contributed by atoms with E-state index in [4.69, 9.17) is 24.7 Å². The van der Waals surface area contributed by atoms with Gasteiger partial charge < -0.3 is 24.7 Å². The minimum atomic E-state index is -0.695. The molecule has 0 bridgehead atoms. The summed E-state index contributed by atoms with van der Waals surface area (Å²) in [5, 5.41) is 20.8. The van der Waals surface area contributed by atoms with Crippen LogP contribution in [0.4, 0.5) is 5.69 Å². The highest BCUT2D eigenvalue weighted by atomic mass is 16.6. The fourth-order valence-electron chi connectivity index (χ4n) is 4.35. The predicted molar refractivity (Wildman–Crippen MR) is 146 cm³/mol. The summed E-state index contributed by atoms with van der Waals surface area (Å²) < 4.78 is 23.0. The standard InChI is InChI=1S/C30H29N3O7/c1-3-5-6-15-38-25-14-9-20(16-27(25)37-4-2)28-23-13-12-22(17-26(23)40-29(32)24(28)18-31)39-30(34)19-7-10-21(11-8-19)33(35)36/h7-14,16-17,28H,3-6,15,32H2,1-2H3. The van der Waals surface area contributed by atoms with E-state index in [1.165, 1.54) is 30.3 Å². The maximum Gasteiger partial charge on any atom is 0.343 e. The Labute approximate surface area is 231 Å². The number of nitro benzene ring substituents is 1. The number of nitro groups is 1. The van der Waals surface area contributed by atoms with Gasteiger partial charge in [0.25, 0.3) is 5.69 Å².